The molecule has 0 saturated heterocycles. The van der Waals surface area contributed by atoms with Gasteiger partial charge in [0.05, 0.1) is 4.92 Å². The quantitative estimate of drug-likeness (QED) is 0.248. The molecule has 0 aromatic carbocycles. The molecule has 4 heteroatoms. The minimum atomic E-state index is -0.437. The third kappa shape index (κ3) is 7.87. The number of alkyl halides is 1. The van der Waals surface area contributed by atoms with Crippen LogP contribution in [0.25, 0.3) is 0 Å². The summed E-state index contributed by atoms with van der Waals surface area (Å²) in [5.74, 6) is 0. The summed E-state index contributed by atoms with van der Waals surface area (Å²) in [6.45, 7) is 0. The monoisotopic (exact) mass is 241 g/mol. The number of allylic oxidation sites excluding steroid dienone is 1. The lowest BCUT2D eigenvalue weighted by Gasteiger charge is -1.82. The molecule has 0 aromatic rings. The van der Waals surface area contributed by atoms with E-state index >= 15 is 0 Å². The van der Waals surface area contributed by atoms with Crippen LogP contribution in [0, 0.1) is 10.1 Å². The minimum Gasteiger partial charge on any atom is -0.259 e. The maximum atomic E-state index is 9.68. The largest absolute Gasteiger partial charge is 0.259 e. The number of unbranched alkanes of at least 4 members (excludes halogenated alkanes) is 1. The van der Waals surface area contributed by atoms with Crippen LogP contribution in [0.2, 0.25) is 0 Å². The van der Waals surface area contributed by atoms with E-state index in [1.807, 2.05) is 0 Å². The molecule has 0 rings (SSSR count). The molecule has 9 heavy (non-hydrogen) atoms. The lowest BCUT2D eigenvalue weighted by atomic mass is 10.3. The van der Waals surface area contributed by atoms with Crippen LogP contribution in [0.4, 0.5) is 0 Å². The molecule has 0 N–H and O–H groups in total. The van der Waals surface area contributed by atoms with E-state index in [0.29, 0.717) is 0 Å². The van der Waals surface area contributed by atoms with E-state index in [0.717, 1.165) is 23.5 Å². The smallest absolute Gasteiger partial charge is 0.230 e. The fourth-order valence-corrected chi connectivity index (χ4v) is 0.796. The van der Waals surface area contributed by atoms with Gasteiger partial charge in [-0.3, -0.25) is 10.1 Å². The molecule has 0 atom stereocenters. The second kappa shape index (κ2) is 6.00. The van der Waals surface area contributed by atoms with Crippen LogP contribution in [0.1, 0.15) is 12.8 Å². The van der Waals surface area contributed by atoms with Crippen molar-refractivity contribution in [2.75, 3.05) is 4.43 Å². The average molecular weight is 241 g/mol. The second-order valence-corrected chi connectivity index (χ2v) is 2.58. The summed E-state index contributed by atoms with van der Waals surface area (Å²) in [6, 6.07) is 0. The Morgan fingerprint density at radius 2 is 2.33 bits per heavy atom. The number of halogens is 1. The number of hydrogen-bond acceptors (Lipinski definition) is 2. The maximum Gasteiger partial charge on any atom is 0.230 e. The van der Waals surface area contributed by atoms with E-state index in [9.17, 15) is 10.1 Å². The summed E-state index contributed by atoms with van der Waals surface area (Å²) in [7, 11) is 0. The van der Waals surface area contributed by atoms with Gasteiger partial charge in [0, 0.05) is 0 Å². The van der Waals surface area contributed by atoms with E-state index < -0.39 is 4.92 Å². The summed E-state index contributed by atoms with van der Waals surface area (Å²) >= 11 is 2.24. The van der Waals surface area contributed by atoms with Crippen LogP contribution in [0.5, 0.6) is 0 Å². The first-order valence-corrected chi connectivity index (χ1v) is 4.16. The Hall–Kier alpha value is -0.130. The molecule has 0 fully saturated rings. The Morgan fingerprint density at radius 1 is 1.67 bits per heavy atom. The first-order chi connectivity index (χ1) is 4.27. The van der Waals surface area contributed by atoms with Crippen LogP contribution in [-0.2, 0) is 0 Å². The molecule has 0 aromatic heterocycles. The summed E-state index contributed by atoms with van der Waals surface area (Å²) < 4.78 is 1.06. The SMILES string of the molecule is O=[N+]([O-])/C=C/CCCI. The molecule has 0 bridgehead atoms. The molecular weight excluding hydrogens is 233 g/mol. The lowest BCUT2D eigenvalue weighted by molar-refractivity contribution is -0.402. The van der Waals surface area contributed by atoms with Crippen LogP contribution in [0.15, 0.2) is 12.3 Å². The predicted octanol–water partition coefficient (Wildman–Crippen LogP) is 1.99. The Labute approximate surface area is 67.4 Å². The van der Waals surface area contributed by atoms with E-state index in [4.69, 9.17) is 0 Å². The molecular formula is C5H8INO2. The summed E-state index contributed by atoms with van der Waals surface area (Å²) in [5.41, 5.74) is 0. The third-order valence-corrected chi connectivity index (χ3v) is 1.49. The van der Waals surface area contributed by atoms with E-state index in [1.165, 1.54) is 0 Å². The minimum absolute atomic E-state index is 0.437. The Balaban J connectivity index is 3.15. The third-order valence-electron chi connectivity index (χ3n) is 0.732. The van der Waals surface area contributed by atoms with E-state index in [1.54, 1.807) is 6.08 Å². The lowest BCUT2D eigenvalue weighted by Crippen LogP contribution is -1.82. The number of hydrogen-bond donors (Lipinski definition) is 0. The van der Waals surface area contributed by atoms with E-state index in [2.05, 4.69) is 22.6 Å². The van der Waals surface area contributed by atoms with Gasteiger partial charge in [-0.15, -0.1) is 0 Å². The van der Waals surface area contributed by atoms with Crippen LogP contribution < -0.4 is 0 Å². The first-order valence-electron chi connectivity index (χ1n) is 2.63. The molecule has 0 saturated carbocycles. The molecule has 0 unspecified atom stereocenters. The highest BCUT2D eigenvalue weighted by molar-refractivity contribution is 14.1. The molecule has 0 amide bonds. The maximum absolute atomic E-state index is 9.68. The van der Waals surface area contributed by atoms with Gasteiger partial charge in [-0.1, -0.05) is 22.6 Å². The molecule has 0 aliphatic carbocycles. The van der Waals surface area contributed by atoms with Gasteiger partial charge in [0.15, 0.2) is 0 Å². The molecule has 0 aliphatic rings. The summed E-state index contributed by atoms with van der Waals surface area (Å²) in [5, 5.41) is 9.68. The molecule has 0 aliphatic heterocycles. The molecule has 52 valence electrons. The Kier molecular flexibility index (Phi) is 5.91. The number of nitrogens with zero attached hydrogens (tertiary/aromatic N) is 1. The van der Waals surface area contributed by atoms with Crippen LogP contribution in [-0.4, -0.2) is 9.35 Å². The van der Waals surface area contributed by atoms with Gasteiger partial charge in [-0.25, -0.2) is 0 Å². The number of rotatable bonds is 4. The highest BCUT2D eigenvalue weighted by atomic mass is 127. The molecule has 3 nitrogen and oxygen atoms in total. The predicted molar refractivity (Wildman–Crippen MR) is 44.3 cm³/mol. The van der Waals surface area contributed by atoms with Gasteiger partial charge in [0.2, 0.25) is 6.20 Å². The standard InChI is InChI=1S/C5H8INO2/c6-4-2-1-3-5-7(8)9/h3,5H,1-2,4H2/b5-3+. The normalized spacial score (nSPS) is 10.3. The van der Waals surface area contributed by atoms with Crippen molar-refractivity contribution in [3.63, 3.8) is 0 Å². The van der Waals surface area contributed by atoms with Gasteiger partial charge in [-0.2, -0.15) is 0 Å². The fourth-order valence-electron chi connectivity index (χ4n) is 0.356. The van der Waals surface area contributed by atoms with Gasteiger partial charge in [0.25, 0.3) is 0 Å². The van der Waals surface area contributed by atoms with Crippen molar-refractivity contribution < 1.29 is 4.92 Å². The van der Waals surface area contributed by atoms with E-state index in [-0.39, 0.29) is 0 Å². The van der Waals surface area contributed by atoms with Gasteiger partial charge >= 0.3 is 0 Å². The average Bonchev–Trinajstić information content (AvgIpc) is 1.80. The van der Waals surface area contributed by atoms with Gasteiger partial charge < -0.3 is 0 Å². The fraction of sp³-hybridized carbons (Fsp3) is 0.600. The molecule has 0 radical (unpaired) electrons. The van der Waals surface area contributed by atoms with Crippen LogP contribution in [0.3, 0.4) is 0 Å². The number of nitro groups is 1. The van der Waals surface area contributed by atoms with Crippen molar-refractivity contribution in [1.29, 1.82) is 0 Å². The van der Waals surface area contributed by atoms with Crippen molar-refractivity contribution >= 4 is 22.6 Å². The zero-order valence-corrected chi connectivity index (χ0v) is 7.08. The summed E-state index contributed by atoms with van der Waals surface area (Å²) in [6.07, 6.45) is 4.40. The molecule has 0 heterocycles. The van der Waals surface area contributed by atoms with Crippen molar-refractivity contribution in [2.45, 2.75) is 12.8 Å². The zero-order chi connectivity index (χ0) is 7.11. The van der Waals surface area contributed by atoms with Gasteiger partial charge in [0.1, 0.15) is 0 Å². The van der Waals surface area contributed by atoms with Gasteiger partial charge in [-0.05, 0) is 23.3 Å². The van der Waals surface area contributed by atoms with Crippen molar-refractivity contribution in [1.82, 2.24) is 0 Å². The van der Waals surface area contributed by atoms with Crippen molar-refractivity contribution in [2.24, 2.45) is 0 Å². The summed E-state index contributed by atoms with van der Waals surface area (Å²) in [4.78, 5) is 9.24. The highest BCUT2D eigenvalue weighted by Crippen LogP contribution is 1.94. The Bertz CT molecular complexity index is 114. The van der Waals surface area contributed by atoms with Crippen molar-refractivity contribution in [3.05, 3.63) is 22.4 Å². The van der Waals surface area contributed by atoms with Crippen molar-refractivity contribution in [3.8, 4) is 0 Å². The van der Waals surface area contributed by atoms with Crippen LogP contribution >= 0.6 is 22.6 Å². The topological polar surface area (TPSA) is 43.1 Å². The second-order valence-electron chi connectivity index (χ2n) is 1.50. The Morgan fingerprint density at radius 3 is 2.78 bits per heavy atom. The molecule has 0 spiro atoms. The highest BCUT2D eigenvalue weighted by Gasteiger charge is 1.83. The zero-order valence-electron chi connectivity index (χ0n) is 4.92. The first kappa shape index (κ1) is 8.87.